The molecule has 0 saturated heterocycles. The summed E-state index contributed by atoms with van der Waals surface area (Å²) >= 11 is 0. The van der Waals surface area contributed by atoms with E-state index < -0.39 is 36.3 Å². The van der Waals surface area contributed by atoms with Gasteiger partial charge in [0, 0.05) is 0 Å². The summed E-state index contributed by atoms with van der Waals surface area (Å²) in [5, 5.41) is 18.9. The van der Waals surface area contributed by atoms with E-state index in [2.05, 4.69) is 28.3 Å². The lowest BCUT2D eigenvalue weighted by Gasteiger charge is -2.13. The van der Waals surface area contributed by atoms with Gasteiger partial charge in [-0.1, -0.05) is 0 Å². The summed E-state index contributed by atoms with van der Waals surface area (Å²) in [5.41, 5.74) is 0. The molecule has 0 aliphatic rings. The number of aliphatic hydroxyl groups excluding tert-OH is 2. The summed E-state index contributed by atoms with van der Waals surface area (Å²) in [4.78, 5) is 29.7. The summed E-state index contributed by atoms with van der Waals surface area (Å²) in [6.45, 7) is 0. The number of aliphatic hydroxyl groups is 2. The normalized spacial score (nSPS) is 13.5. The van der Waals surface area contributed by atoms with E-state index in [1.807, 2.05) is 0 Å². The molecule has 2 N–H and O–H groups in total. The third kappa shape index (κ3) is 3.18. The molecule has 20 heavy (non-hydrogen) atoms. The number of rotatable bonds is 5. The zero-order valence-corrected chi connectivity index (χ0v) is 9.70. The number of esters is 2. The number of aromatic nitrogens is 2. The molecule has 0 fully saturated rings. The summed E-state index contributed by atoms with van der Waals surface area (Å²) < 4.78 is 18.1. The lowest BCUT2D eigenvalue weighted by Crippen LogP contribution is -2.43. The van der Waals surface area contributed by atoms with Gasteiger partial charge in [0.15, 0.2) is 12.2 Å². The second-order valence-corrected chi connectivity index (χ2v) is 3.33. The quantitative estimate of drug-likeness (QED) is 0.648. The van der Waals surface area contributed by atoms with E-state index in [-0.39, 0.29) is 0 Å². The Kier molecular flexibility index (Phi) is 4.08. The van der Waals surface area contributed by atoms with Gasteiger partial charge in [-0.15, -0.1) is 0 Å². The molecule has 0 spiro atoms. The highest BCUT2D eigenvalue weighted by atomic mass is 16.6. The van der Waals surface area contributed by atoms with Gasteiger partial charge in [-0.25, -0.2) is 9.59 Å². The smallest absolute Gasteiger partial charge is 0.401 e. The molecule has 2 unspecified atom stereocenters. The molecule has 2 aromatic rings. The second kappa shape index (κ2) is 5.95. The molecule has 0 aliphatic heterocycles. The zero-order valence-electron chi connectivity index (χ0n) is 9.70. The highest BCUT2D eigenvalue weighted by Gasteiger charge is 2.34. The van der Waals surface area contributed by atoms with E-state index in [0.717, 1.165) is 12.5 Å². The Labute approximate surface area is 110 Å². The Balaban J connectivity index is 1.91. The Hall–Kier alpha value is -2.72. The van der Waals surface area contributed by atoms with Gasteiger partial charge in [0.25, 0.3) is 0 Å². The molecule has 2 heterocycles. The topological polar surface area (TPSA) is 145 Å². The van der Waals surface area contributed by atoms with Crippen LogP contribution in [0.2, 0.25) is 0 Å². The number of ether oxygens (including phenoxy) is 2. The maximum absolute atomic E-state index is 11.4. The molecule has 0 amide bonds. The van der Waals surface area contributed by atoms with Crippen LogP contribution in [-0.4, -0.2) is 44.3 Å². The highest BCUT2D eigenvalue weighted by Crippen LogP contribution is 2.10. The molecule has 0 bridgehead atoms. The summed E-state index contributed by atoms with van der Waals surface area (Å²) in [7, 11) is 0. The van der Waals surface area contributed by atoms with E-state index in [1.165, 1.54) is 12.4 Å². The Bertz CT molecular complexity index is 512. The van der Waals surface area contributed by atoms with Gasteiger partial charge in [-0.2, -0.15) is 9.97 Å². The van der Waals surface area contributed by atoms with Gasteiger partial charge in [0.2, 0.25) is 0 Å². The molecule has 10 nitrogen and oxygen atoms in total. The highest BCUT2D eigenvalue weighted by molar-refractivity contribution is 5.86. The van der Waals surface area contributed by atoms with Crippen LogP contribution in [-0.2, 0) is 9.59 Å². The molecule has 0 saturated carbocycles. The van der Waals surface area contributed by atoms with E-state index in [9.17, 15) is 19.8 Å². The lowest BCUT2D eigenvalue weighted by atomic mass is 10.2. The van der Waals surface area contributed by atoms with Gasteiger partial charge >= 0.3 is 24.1 Å². The lowest BCUT2D eigenvalue weighted by molar-refractivity contribution is -0.164. The van der Waals surface area contributed by atoms with Crippen LogP contribution in [0.3, 0.4) is 0 Å². The van der Waals surface area contributed by atoms with Crippen molar-refractivity contribution < 1.29 is 38.1 Å². The number of carbonyl (C=O) groups excluding carboxylic acids is 2. The second-order valence-electron chi connectivity index (χ2n) is 3.33. The Morgan fingerprint density at radius 3 is 1.65 bits per heavy atom. The van der Waals surface area contributed by atoms with Gasteiger partial charge in [0.1, 0.15) is 12.5 Å². The van der Waals surface area contributed by atoms with E-state index in [0.29, 0.717) is 0 Å². The van der Waals surface area contributed by atoms with Crippen molar-refractivity contribution in [1.82, 2.24) is 9.97 Å². The van der Waals surface area contributed by atoms with Crippen molar-refractivity contribution in [1.29, 1.82) is 0 Å². The standard InChI is InChI=1S/C10H8N2O8/c13-5(7(15)19-9-11-1-3-17-9)6(14)8(16)20-10-12-2-4-18-10/h1-6,13-14H. The van der Waals surface area contributed by atoms with Crippen molar-refractivity contribution in [3.8, 4) is 12.2 Å². The third-order valence-electron chi connectivity index (χ3n) is 1.98. The number of hydrogen-bond donors (Lipinski definition) is 2. The van der Waals surface area contributed by atoms with Crippen LogP contribution in [0.1, 0.15) is 0 Å². The van der Waals surface area contributed by atoms with Crippen molar-refractivity contribution in [2.75, 3.05) is 0 Å². The van der Waals surface area contributed by atoms with Gasteiger partial charge < -0.3 is 28.5 Å². The maximum atomic E-state index is 11.4. The van der Waals surface area contributed by atoms with Gasteiger partial charge in [-0.05, 0) is 0 Å². The van der Waals surface area contributed by atoms with Crippen LogP contribution in [0.15, 0.2) is 33.8 Å². The molecule has 0 radical (unpaired) electrons. The minimum absolute atomic E-state index is 0.442. The summed E-state index contributed by atoms with van der Waals surface area (Å²) in [5.74, 6) is -2.69. The van der Waals surface area contributed by atoms with Crippen molar-refractivity contribution in [3.63, 3.8) is 0 Å². The van der Waals surface area contributed by atoms with Crippen LogP contribution in [0.25, 0.3) is 0 Å². The Morgan fingerprint density at radius 2 is 1.35 bits per heavy atom. The van der Waals surface area contributed by atoms with E-state index in [4.69, 9.17) is 0 Å². The minimum atomic E-state index is -2.19. The molecule has 2 atom stereocenters. The van der Waals surface area contributed by atoms with Crippen LogP contribution in [0, 0.1) is 0 Å². The monoisotopic (exact) mass is 284 g/mol. The van der Waals surface area contributed by atoms with E-state index in [1.54, 1.807) is 0 Å². The fraction of sp³-hybridized carbons (Fsp3) is 0.200. The molecule has 0 aromatic carbocycles. The molecular formula is C10H8N2O8. The first-order chi connectivity index (χ1) is 9.58. The first-order valence-electron chi connectivity index (χ1n) is 5.16. The molecule has 10 heteroatoms. The minimum Gasteiger partial charge on any atom is -0.417 e. The fourth-order valence-corrected chi connectivity index (χ4v) is 1.07. The third-order valence-corrected chi connectivity index (χ3v) is 1.98. The fourth-order valence-electron chi connectivity index (χ4n) is 1.07. The number of oxazole rings is 2. The first kappa shape index (κ1) is 13.7. The molecule has 106 valence electrons. The predicted octanol–water partition coefficient (Wildman–Crippen LogP) is -1.10. The average molecular weight is 284 g/mol. The van der Waals surface area contributed by atoms with Crippen molar-refractivity contribution in [3.05, 3.63) is 24.9 Å². The van der Waals surface area contributed by atoms with Crippen LogP contribution >= 0.6 is 0 Å². The molecular weight excluding hydrogens is 276 g/mol. The molecule has 2 aromatic heterocycles. The molecule has 0 aliphatic carbocycles. The van der Waals surface area contributed by atoms with Gasteiger partial charge in [0.05, 0.1) is 12.4 Å². The SMILES string of the molecule is O=C(Oc1ncco1)C(O)C(O)C(=O)Oc1ncco1. The molecule has 2 rings (SSSR count). The van der Waals surface area contributed by atoms with Crippen molar-refractivity contribution in [2.24, 2.45) is 0 Å². The first-order valence-corrected chi connectivity index (χ1v) is 5.16. The predicted molar refractivity (Wildman–Crippen MR) is 56.3 cm³/mol. The van der Waals surface area contributed by atoms with Crippen LogP contribution in [0.4, 0.5) is 0 Å². The summed E-state index contributed by atoms with van der Waals surface area (Å²) in [6, 6.07) is 0. The van der Waals surface area contributed by atoms with Crippen LogP contribution < -0.4 is 9.47 Å². The number of hydrogen-bond acceptors (Lipinski definition) is 10. The number of carbonyl (C=O) groups is 2. The van der Waals surface area contributed by atoms with Crippen molar-refractivity contribution in [2.45, 2.75) is 12.2 Å². The number of nitrogens with zero attached hydrogens (tertiary/aromatic N) is 2. The average Bonchev–Trinajstić information content (AvgIpc) is 3.10. The zero-order chi connectivity index (χ0) is 14.5. The van der Waals surface area contributed by atoms with E-state index >= 15 is 0 Å². The van der Waals surface area contributed by atoms with Crippen LogP contribution in [0.5, 0.6) is 12.2 Å². The summed E-state index contributed by atoms with van der Waals surface area (Å²) in [6.07, 6.45) is -0.618. The maximum Gasteiger partial charge on any atom is 0.401 e. The largest absolute Gasteiger partial charge is 0.417 e. The Morgan fingerprint density at radius 1 is 0.950 bits per heavy atom. The van der Waals surface area contributed by atoms with Crippen molar-refractivity contribution >= 4 is 11.9 Å². The van der Waals surface area contributed by atoms with Gasteiger partial charge in [-0.3, -0.25) is 0 Å².